The molecule has 1 aliphatic rings. The molecule has 1 heterocycles. The van der Waals surface area contributed by atoms with Crippen LogP contribution in [0.4, 0.5) is 0 Å². The molecule has 0 spiro atoms. The van der Waals surface area contributed by atoms with Crippen LogP contribution in [0.2, 0.25) is 0 Å². The van der Waals surface area contributed by atoms with Gasteiger partial charge in [0.2, 0.25) is 0 Å². The highest BCUT2D eigenvalue weighted by atomic mass is 79.9. The average Bonchev–Trinajstić information content (AvgIpc) is 2.69. The summed E-state index contributed by atoms with van der Waals surface area (Å²) in [4.78, 5) is 12.1. The van der Waals surface area contributed by atoms with E-state index in [2.05, 4.69) is 21.2 Å². The average molecular weight is 365 g/mol. The first kappa shape index (κ1) is 14.6. The van der Waals surface area contributed by atoms with Crippen LogP contribution in [0, 0.1) is 0 Å². The molecule has 1 atom stereocenters. The van der Waals surface area contributed by atoms with E-state index in [9.17, 15) is 4.79 Å². The van der Waals surface area contributed by atoms with E-state index in [1.165, 1.54) is 0 Å². The van der Waals surface area contributed by atoms with Crippen molar-refractivity contribution < 1.29 is 4.79 Å². The van der Waals surface area contributed by atoms with E-state index in [0.717, 1.165) is 46.1 Å². The van der Waals surface area contributed by atoms with Crippen LogP contribution in [0.3, 0.4) is 0 Å². The Morgan fingerprint density at radius 1 is 1.19 bits per heavy atom. The van der Waals surface area contributed by atoms with Crippen molar-refractivity contribution in [2.75, 3.05) is 6.54 Å². The Bertz CT molecular complexity index is 686. The van der Waals surface area contributed by atoms with Crippen LogP contribution in [0.1, 0.15) is 38.8 Å². The van der Waals surface area contributed by atoms with Crippen molar-refractivity contribution in [2.24, 2.45) is 0 Å². The smallest absolute Gasteiger partial charge is 0.251 e. The van der Waals surface area contributed by atoms with Crippen molar-refractivity contribution in [2.45, 2.75) is 18.2 Å². The molecular weight excluding hydrogens is 350 g/mol. The number of rotatable bonds is 2. The largest absolute Gasteiger partial charge is 0.352 e. The molecule has 0 bridgehead atoms. The first-order valence-corrected chi connectivity index (χ1v) is 8.19. The van der Waals surface area contributed by atoms with Crippen LogP contribution in [0.25, 0.3) is 0 Å². The third kappa shape index (κ3) is 2.99. The SMILES string of the molecule is O=C1NCCCc2ccc(C(Cl)c3ccccc3Br)cc21. The fourth-order valence-corrected chi connectivity index (χ4v) is 3.59. The lowest BCUT2D eigenvalue weighted by atomic mass is 9.97. The van der Waals surface area contributed by atoms with Gasteiger partial charge in [-0.25, -0.2) is 0 Å². The van der Waals surface area contributed by atoms with E-state index in [0.29, 0.717) is 0 Å². The number of nitrogens with one attached hydrogen (secondary N) is 1. The van der Waals surface area contributed by atoms with Gasteiger partial charge >= 0.3 is 0 Å². The van der Waals surface area contributed by atoms with Gasteiger partial charge in [-0.3, -0.25) is 4.79 Å². The predicted octanol–water partition coefficient (Wildman–Crippen LogP) is 4.45. The highest BCUT2D eigenvalue weighted by Crippen LogP contribution is 2.34. The molecule has 2 aromatic rings. The highest BCUT2D eigenvalue weighted by Gasteiger charge is 2.19. The van der Waals surface area contributed by atoms with Crippen molar-refractivity contribution in [1.82, 2.24) is 5.32 Å². The Hall–Kier alpha value is -1.32. The van der Waals surface area contributed by atoms with E-state index in [-0.39, 0.29) is 11.3 Å². The lowest BCUT2D eigenvalue weighted by molar-refractivity contribution is 0.0956. The number of carbonyl (C=O) groups excluding carboxylic acids is 1. The van der Waals surface area contributed by atoms with Gasteiger partial charge in [-0.1, -0.05) is 46.3 Å². The van der Waals surface area contributed by atoms with Gasteiger partial charge in [0.15, 0.2) is 0 Å². The van der Waals surface area contributed by atoms with E-state index in [1.54, 1.807) is 0 Å². The molecule has 1 aliphatic heterocycles. The number of alkyl halides is 1. The summed E-state index contributed by atoms with van der Waals surface area (Å²) in [6.07, 6.45) is 1.91. The van der Waals surface area contributed by atoms with Gasteiger partial charge in [0.1, 0.15) is 0 Å². The molecule has 1 unspecified atom stereocenters. The summed E-state index contributed by atoms with van der Waals surface area (Å²) in [5, 5.41) is 2.65. The van der Waals surface area contributed by atoms with Crippen molar-refractivity contribution in [1.29, 1.82) is 0 Å². The van der Waals surface area contributed by atoms with Crippen LogP contribution in [0.5, 0.6) is 0 Å². The zero-order chi connectivity index (χ0) is 14.8. The molecule has 4 heteroatoms. The van der Waals surface area contributed by atoms with Crippen molar-refractivity contribution >= 4 is 33.4 Å². The van der Waals surface area contributed by atoms with E-state index >= 15 is 0 Å². The molecule has 1 amide bonds. The third-order valence-electron chi connectivity index (χ3n) is 3.76. The zero-order valence-electron chi connectivity index (χ0n) is 11.4. The molecule has 0 fully saturated rings. The maximum absolute atomic E-state index is 12.1. The van der Waals surface area contributed by atoms with Crippen LogP contribution < -0.4 is 5.32 Å². The second kappa shape index (κ2) is 6.20. The molecule has 3 rings (SSSR count). The summed E-state index contributed by atoms with van der Waals surface area (Å²) in [6, 6.07) is 13.9. The topological polar surface area (TPSA) is 29.1 Å². The number of fused-ring (bicyclic) bond motifs is 1. The predicted molar refractivity (Wildman–Crippen MR) is 88.9 cm³/mol. The molecule has 0 radical (unpaired) electrons. The summed E-state index contributed by atoms with van der Waals surface area (Å²) in [7, 11) is 0. The molecule has 0 aliphatic carbocycles. The van der Waals surface area contributed by atoms with Crippen molar-refractivity contribution in [3.63, 3.8) is 0 Å². The van der Waals surface area contributed by atoms with Crippen molar-refractivity contribution in [3.8, 4) is 0 Å². The Kier molecular flexibility index (Phi) is 4.32. The second-order valence-corrected chi connectivity index (χ2v) is 6.45. The molecular formula is C17H15BrClNO. The van der Waals surface area contributed by atoms with Crippen LogP contribution >= 0.6 is 27.5 Å². The minimum absolute atomic E-state index is 0.000319. The molecule has 108 valence electrons. The summed E-state index contributed by atoms with van der Waals surface area (Å²) in [6.45, 7) is 0.734. The Labute approximate surface area is 137 Å². The minimum atomic E-state index is -0.276. The lowest BCUT2D eigenvalue weighted by Crippen LogP contribution is -2.22. The quantitative estimate of drug-likeness (QED) is 0.784. The van der Waals surface area contributed by atoms with E-state index in [4.69, 9.17) is 11.6 Å². The maximum atomic E-state index is 12.1. The van der Waals surface area contributed by atoms with Gasteiger partial charge < -0.3 is 5.32 Å². The Morgan fingerprint density at radius 3 is 2.81 bits per heavy atom. The Balaban J connectivity index is 2.00. The van der Waals surface area contributed by atoms with Crippen LogP contribution in [-0.4, -0.2) is 12.5 Å². The zero-order valence-corrected chi connectivity index (χ0v) is 13.7. The Morgan fingerprint density at radius 2 is 2.00 bits per heavy atom. The molecule has 2 aromatic carbocycles. The van der Waals surface area contributed by atoms with Gasteiger partial charge in [0.25, 0.3) is 5.91 Å². The van der Waals surface area contributed by atoms with Crippen LogP contribution in [-0.2, 0) is 6.42 Å². The van der Waals surface area contributed by atoms with E-state index in [1.807, 2.05) is 42.5 Å². The summed E-state index contributed by atoms with van der Waals surface area (Å²) in [5.41, 5.74) is 3.81. The van der Waals surface area contributed by atoms with Gasteiger partial charge in [-0.15, -0.1) is 11.6 Å². The molecule has 0 saturated heterocycles. The molecule has 0 aromatic heterocycles. The fourth-order valence-electron chi connectivity index (χ4n) is 2.62. The molecule has 2 nitrogen and oxygen atoms in total. The number of hydrogen-bond donors (Lipinski definition) is 1. The lowest BCUT2D eigenvalue weighted by Gasteiger charge is -2.14. The van der Waals surface area contributed by atoms with Crippen molar-refractivity contribution in [3.05, 3.63) is 69.2 Å². The summed E-state index contributed by atoms with van der Waals surface area (Å²) in [5.74, 6) is 0.000319. The summed E-state index contributed by atoms with van der Waals surface area (Å²) >= 11 is 10.1. The number of halogens is 2. The summed E-state index contributed by atoms with van der Waals surface area (Å²) < 4.78 is 0.976. The standard InChI is InChI=1S/C17H15BrClNO/c18-15-6-2-1-5-13(15)16(19)12-8-7-11-4-3-9-20-17(21)14(11)10-12/h1-2,5-8,10,16H,3-4,9H2,(H,20,21). The monoisotopic (exact) mass is 363 g/mol. The van der Waals surface area contributed by atoms with Gasteiger partial charge in [0, 0.05) is 16.6 Å². The number of benzene rings is 2. The third-order valence-corrected chi connectivity index (χ3v) is 4.97. The highest BCUT2D eigenvalue weighted by molar-refractivity contribution is 9.10. The van der Waals surface area contributed by atoms with Gasteiger partial charge in [0.05, 0.1) is 5.38 Å². The van der Waals surface area contributed by atoms with E-state index < -0.39 is 0 Å². The minimum Gasteiger partial charge on any atom is -0.352 e. The molecule has 21 heavy (non-hydrogen) atoms. The first-order chi connectivity index (χ1) is 10.2. The fraction of sp³-hybridized carbons (Fsp3) is 0.235. The second-order valence-electron chi connectivity index (χ2n) is 5.16. The van der Waals surface area contributed by atoms with Gasteiger partial charge in [-0.05, 0) is 41.7 Å². The normalized spacial score (nSPS) is 15.8. The van der Waals surface area contributed by atoms with Crippen LogP contribution in [0.15, 0.2) is 46.9 Å². The molecule has 1 N–H and O–H groups in total. The number of amides is 1. The number of carbonyl (C=O) groups is 1. The number of hydrogen-bond acceptors (Lipinski definition) is 1. The van der Waals surface area contributed by atoms with Gasteiger partial charge in [-0.2, -0.15) is 0 Å². The first-order valence-electron chi connectivity index (χ1n) is 6.96. The maximum Gasteiger partial charge on any atom is 0.251 e. The number of aryl methyl sites for hydroxylation is 1. The molecule has 0 saturated carbocycles.